The Morgan fingerprint density at radius 2 is 2.08 bits per heavy atom. The molecule has 5 nitrogen and oxygen atoms in total. The topological polar surface area (TPSA) is 59.8 Å². The van der Waals surface area contributed by atoms with Crippen molar-refractivity contribution < 1.29 is 9.68 Å². The number of hydrogen-bond acceptors (Lipinski definition) is 5. The number of nitrogens with two attached hydrogens (primary N) is 1. The molecular weight excluding hydrogens is 170 g/mol. The van der Waals surface area contributed by atoms with Crippen LogP contribution < -0.4 is 11.2 Å². The highest BCUT2D eigenvalue weighted by atomic mass is 16.7. The highest BCUT2D eigenvalue weighted by molar-refractivity contribution is 4.83. The molecule has 1 saturated heterocycles. The average Bonchev–Trinajstić information content (AvgIpc) is 2.16. The summed E-state index contributed by atoms with van der Waals surface area (Å²) in [6, 6.07) is 0. The summed E-state index contributed by atoms with van der Waals surface area (Å²) in [5.41, 5.74) is 8.55. The van der Waals surface area contributed by atoms with Crippen molar-refractivity contribution in [3.8, 4) is 0 Å². The molecule has 0 aromatic heterocycles. The Balaban J connectivity index is 2.28. The van der Waals surface area contributed by atoms with Crippen LogP contribution in [0.2, 0.25) is 0 Å². The third-order valence-corrected chi connectivity index (χ3v) is 2.29. The lowest BCUT2D eigenvalue weighted by molar-refractivity contribution is -0.163. The fraction of sp³-hybridized carbons (Fsp3) is 1.00. The summed E-state index contributed by atoms with van der Waals surface area (Å²) >= 11 is 0. The van der Waals surface area contributed by atoms with Crippen molar-refractivity contribution >= 4 is 0 Å². The maximum Gasteiger partial charge on any atom is 0.0923 e. The predicted octanol–water partition coefficient (Wildman–Crippen LogP) is -0.160. The van der Waals surface area contributed by atoms with Crippen molar-refractivity contribution in [1.82, 2.24) is 10.5 Å². The van der Waals surface area contributed by atoms with Crippen LogP contribution in [-0.4, -0.2) is 37.5 Å². The van der Waals surface area contributed by atoms with Crippen LogP contribution in [0.4, 0.5) is 0 Å². The van der Waals surface area contributed by atoms with Gasteiger partial charge in [-0.25, -0.2) is 0 Å². The highest BCUT2D eigenvalue weighted by Gasteiger charge is 2.30. The Labute approximate surface area is 79.1 Å². The van der Waals surface area contributed by atoms with E-state index in [1.807, 2.05) is 12.0 Å². The molecular formula is C8H19N3O2. The largest absolute Gasteiger partial charge is 0.312 e. The van der Waals surface area contributed by atoms with E-state index in [9.17, 15) is 0 Å². The minimum atomic E-state index is -0.384. The van der Waals surface area contributed by atoms with Crippen molar-refractivity contribution in [3.05, 3.63) is 0 Å². The zero-order chi connectivity index (χ0) is 9.73. The first-order chi connectivity index (χ1) is 6.20. The molecule has 1 aliphatic rings. The van der Waals surface area contributed by atoms with E-state index in [0.29, 0.717) is 6.61 Å². The molecule has 0 spiro atoms. The zero-order valence-electron chi connectivity index (χ0n) is 8.38. The summed E-state index contributed by atoms with van der Waals surface area (Å²) < 4.78 is 0. The smallest absolute Gasteiger partial charge is 0.0923 e. The quantitative estimate of drug-likeness (QED) is 0.475. The van der Waals surface area contributed by atoms with E-state index in [0.717, 1.165) is 25.9 Å². The first-order valence-electron chi connectivity index (χ1n) is 4.67. The van der Waals surface area contributed by atoms with Gasteiger partial charge in [0.25, 0.3) is 0 Å². The van der Waals surface area contributed by atoms with Crippen molar-refractivity contribution in [1.29, 1.82) is 0 Å². The summed E-state index contributed by atoms with van der Waals surface area (Å²) in [5, 5.41) is 1.90. The molecule has 1 fully saturated rings. The SMILES string of the molecule is CCONC1(N)CCN(OC)CC1. The molecule has 1 aliphatic heterocycles. The third kappa shape index (κ3) is 3.21. The van der Waals surface area contributed by atoms with Crippen LogP contribution in [0.3, 0.4) is 0 Å². The lowest BCUT2D eigenvalue weighted by atomic mass is 10.0. The van der Waals surface area contributed by atoms with Crippen LogP contribution in [0.5, 0.6) is 0 Å². The molecule has 0 unspecified atom stereocenters. The van der Waals surface area contributed by atoms with Gasteiger partial charge in [0.1, 0.15) is 0 Å². The number of rotatable bonds is 4. The summed E-state index contributed by atoms with van der Waals surface area (Å²) in [6.07, 6.45) is 1.67. The van der Waals surface area contributed by atoms with Gasteiger partial charge in [-0.3, -0.25) is 0 Å². The standard InChI is InChI=1S/C8H19N3O2/c1-3-13-10-8(9)4-6-11(12-2)7-5-8/h10H,3-7,9H2,1-2H3. The molecule has 0 amide bonds. The van der Waals surface area contributed by atoms with Gasteiger partial charge < -0.3 is 15.4 Å². The maximum atomic E-state index is 6.04. The summed E-state index contributed by atoms with van der Waals surface area (Å²) in [6.45, 7) is 4.24. The van der Waals surface area contributed by atoms with Gasteiger partial charge in [-0.05, 0) is 19.8 Å². The summed E-state index contributed by atoms with van der Waals surface area (Å²) in [7, 11) is 1.68. The zero-order valence-corrected chi connectivity index (χ0v) is 8.38. The van der Waals surface area contributed by atoms with Crippen LogP contribution >= 0.6 is 0 Å². The second-order valence-corrected chi connectivity index (χ2v) is 3.30. The van der Waals surface area contributed by atoms with E-state index < -0.39 is 0 Å². The number of nitrogens with zero attached hydrogens (tertiary/aromatic N) is 1. The van der Waals surface area contributed by atoms with Crippen LogP contribution in [0, 0.1) is 0 Å². The fourth-order valence-corrected chi connectivity index (χ4v) is 1.39. The molecule has 3 N–H and O–H groups in total. The lowest BCUT2D eigenvalue weighted by Gasteiger charge is -2.37. The van der Waals surface area contributed by atoms with E-state index in [-0.39, 0.29) is 5.66 Å². The van der Waals surface area contributed by atoms with Gasteiger partial charge in [0.05, 0.1) is 19.4 Å². The minimum absolute atomic E-state index is 0.384. The Hall–Kier alpha value is -0.200. The molecule has 1 rings (SSSR count). The predicted molar refractivity (Wildman–Crippen MR) is 49.5 cm³/mol. The molecule has 0 aliphatic carbocycles. The normalized spacial score (nSPS) is 23.3. The van der Waals surface area contributed by atoms with Gasteiger partial charge >= 0.3 is 0 Å². The third-order valence-electron chi connectivity index (χ3n) is 2.29. The molecule has 0 saturated carbocycles. The van der Waals surface area contributed by atoms with Crippen LogP contribution in [-0.2, 0) is 9.68 Å². The molecule has 0 bridgehead atoms. The van der Waals surface area contributed by atoms with Gasteiger partial charge in [-0.15, -0.1) is 0 Å². The van der Waals surface area contributed by atoms with Crippen LogP contribution in [0.15, 0.2) is 0 Å². The van der Waals surface area contributed by atoms with E-state index in [2.05, 4.69) is 5.48 Å². The fourth-order valence-electron chi connectivity index (χ4n) is 1.39. The molecule has 0 radical (unpaired) electrons. The van der Waals surface area contributed by atoms with E-state index in [1.54, 1.807) is 7.11 Å². The first-order valence-corrected chi connectivity index (χ1v) is 4.67. The Morgan fingerprint density at radius 3 is 2.54 bits per heavy atom. The molecule has 5 heteroatoms. The van der Waals surface area contributed by atoms with Gasteiger partial charge in [0.15, 0.2) is 0 Å². The Morgan fingerprint density at radius 1 is 1.46 bits per heavy atom. The number of nitrogens with one attached hydrogen (secondary N) is 1. The molecule has 13 heavy (non-hydrogen) atoms. The van der Waals surface area contributed by atoms with Gasteiger partial charge in [0, 0.05) is 13.1 Å². The molecule has 1 heterocycles. The molecule has 78 valence electrons. The molecule has 0 atom stereocenters. The number of hydrogen-bond donors (Lipinski definition) is 2. The number of hydroxylamine groups is 3. The van der Waals surface area contributed by atoms with Crippen molar-refractivity contribution in [2.75, 3.05) is 26.8 Å². The van der Waals surface area contributed by atoms with Crippen molar-refractivity contribution in [2.24, 2.45) is 5.73 Å². The summed E-state index contributed by atoms with van der Waals surface area (Å²) in [4.78, 5) is 10.2. The minimum Gasteiger partial charge on any atom is -0.312 e. The number of piperidine rings is 1. The average molecular weight is 189 g/mol. The van der Waals surface area contributed by atoms with E-state index in [4.69, 9.17) is 15.4 Å². The summed E-state index contributed by atoms with van der Waals surface area (Å²) in [5.74, 6) is 0. The van der Waals surface area contributed by atoms with E-state index in [1.165, 1.54) is 0 Å². The molecule has 0 aromatic rings. The maximum absolute atomic E-state index is 6.04. The van der Waals surface area contributed by atoms with Gasteiger partial charge in [0.2, 0.25) is 0 Å². The van der Waals surface area contributed by atoms with Crippen molar-refractivity contribution in [3.63, 3.8) is 0 Å². The molecule has 0 aromatic carbocycles. The van der Waals surface area contributed by atoms with E-state index >= 15 is 0 Å². The van der Waals surface area contributed by atoms with Crippen molar-refractivity contribution in [2.45, 2.75) is 25.4 Å². The second-order valence-electron chi connectivity index (χ2n) is 3.30. The van der Waals surface area contributed by atoms with Crippen LogP contribution in [0.1, 0.15) is 19.8 Å². The Bertz CT molecular complexity index is 146. The highest BCUT2D eigenvalue weighted by Crippen LogP contribution is 2.16. The Kier molecular flexibility index (Phi) is 4.08. The van der Waals surface area contributed by atoms with Gasteiger partial charge in [-0.2, -0.15) is 10.5 Å². The second kappa shape index (κ2) is 4.88. The lowest BCUT2D eigenvalue weighted by Crippen LogP contribution is -2.59. The monoisotopic (exact) mass is 189 g/mol. The van der Waals surface area contributed by atoms with Gasteiger partial charge in [-0.1, -0.05) is 0 Å². The van der Waals surface area contributed by atoms with Crippen LogP contribution in [0.25, 0.3) is 0 Å². The first kappa shape index (κ1) is 10.9.